The number of nitro benzene ring substituents is 1. The Hall–Kier alpha value is -2.56. The van der Waals surface area contributed by atoms with E-state index in [2.05, 4.69) is 5.10 Å². The molecule has 0 aliphatic heterocycles. The van der Waals surface area contributed by atoms with Crippen LogP contribution in [-0.4, -0.2) is 23.1 Å². The molecule has 124 valence electrons. The second kappa shape index (κ2) is 5.91. The minimum absolute atomic E-state index is 0.120. The molecule has 0 saturated heterocycles. The Morgan fingerprint density at radius 1 is 1.39 bits per heavy atom. The van der Waals surface area contributed by atoms with Crippen molar-refractivity contribution in [2.24, 2.45) is 7.05 Å². The van der Waals surface area contributed by atoms with Gasteiger partial charge in [0.1, 0.15) is 5.69 Å². The molecule has 0 amide bonds. The van der Waals surface area contributed by atoms with E-state index < -0.39 is 27.1 Å². The van der Waals surface area contributed by atoms with E-state index in [4.69, 9.17) is 0 Å². The van der Waals surface area contributed by atoms with Crippen LogP contribution in [0.3, 0.4) is 0 Å². The summed E-state index contributed by atoms with van der Waals surface area (Å²) >= 11 is 0. The average Bonchev–Trinajstić information content (AvgIpc) is 2.78. The maximum absolute atomic E-state index is 12.9. The summed E-state index contributed by atoms with van der Waals surface area (Å²) in [6.07, 6.45) is -1.95. The highest BCUT2D eigenvalue weighted by atomic mass is 32.2. The van der Waals surface area contributed by atoms with Crippen LogP contribution in [0, 0.1) is 17.0 Å². The molecule has 0 aliphatic carbocycles. The standard InChI is InChI=1S/C12H12F2N4O4S/c1-7-5-8(18(19)20)3-4-10(7)23(21,22)16-9-6-15-17(2)11(9)12(13)14/h3-6,12,16H,1-2H3. The molecule has 2 aromatic rings. The lowest BCUT2D eigenvalue weighted by atomic mass is 10.2. The summed E-state index contributed by atoms with van der Waals surface area (Å²) in [5.41, 5.74) is -1.07. The van der Waals surface area contributed by atoms with Crippen LogP contribution in [0.25, 0.3) is 0 Å². The van der Waals surface area contributed by atoms with Crippen molar-refractivity contribution in [1.29, 1.82) is 0 Å². The molecule has 1 heterocycles. The highest BCUT2D eigenvalue weighted by Crippen LogP contribution is 2.29. The van der Waals surface area contributed by atoms with Gasteiger partial charge in [-0.25, -0.2) is 17.2 Å². The molecule has 0 radical (unpaired) electrons. The third-order valence-electron chi connectivity index (χ3n) is 3.09. The normalized spacial score (nSPS) is 11.7. The van der Waals surface area contributed by atoms with Gasteiger partial charge in [0.05, 0.1) is 21.7 Å². The Balaban J connectivity index is 2.42. The SMILES string of the molecule is Cc1cc([N+](=O)[O-])ccc1S(=O)(=O)Nc1cnn(C)c1C(F)F. The summed E-state index contributed by atoms with van der Waals surface area (Å²) < 4.78 is 53.4. The molecule has 0 atom stereocenters. The summed E-state index contributed by atoms with van der Waals surface area (Å²) in [6, 6.07) is 3.17. The zero-order valence-electron chi connectivity index (χ0n) is 12.0. The van der Waals surface area contributed by atoms with Crippen LogP contribution in [0.4, 0.5) is 20.2 Å². The Morgan fingerprint density at radius 3 is 2.57 bits per heavy atom. The monoisotopic (exact) mass is 346 g/mol. The fourth-order valence-electron chi connectivity index (χ4n) is 2.03. The molecule has 0 saturated carbocycles. The average molecular weight is 346 g/mol. The number of aromatic nitrogens is 2. The van der Waals surface area contributed by atoms with E-state index in [1.807, 2.05) is 4.72 Å². The van der Waals surface area contributed by atoms with E-state index >= 15 is 0 Å². The second-order valence-electron chi connectivity index (χ2n) is 4.68. The lowest BCUT2D eigenvalue weighted by Gasteiger charge is -2.11. The van der Waals surface area contributed by atoms with Crippen LogP contribution in [0.2, 0.25) is 0 Å². The van der Waals surface area contributed by atoms with Gasteiger partial charge in [-0.3, -0.25) is 19.5 Å². The fraction of sp³-hybridized carbons (Fsp3) is 0.250. The largest absolute Gasteiger partial charge is 0.282 e. The number of halogens is 2. The van der Waals surface area contributed by atoms with Crippen molar-refractivity contribution in [3.8, 4) is 0 Å². The summed E-state index contributed by atoms with van der Waals surface area (Å²) in [7, 11) is -2.93. The molecule has 11 heteroatoms. The summed E-state index contributed by atoms with van der Waals surface area (Å²) in [5.74, 6) is 0. The number of hydrogen-bond donors (Lipinski definition) is 1. The zero-order valence-corrected chi connectivity index (χ0v) is 12.8. The maximum Gasteiger partial charge on any atom is 0.282 e. The molecular formula is C12H12F2N4O4S. The molecule has 1 aromatic carbocycles. The lowest BCUT2D eigenvalue weighted by Crippen LogP contribution is -2.15. The van der Waals surface area contributed by atoms with Gasteiger partial charge in [0.25, 0.3) is 22.1 Å². The number of rotatable bonds is 5. The van der Waals surface area contributed by atoms with Crippen LogP contribution in [0.5, 0.6) is 0 Å². The minimum atomic E-state index is -4.19. The van der Waals surface area contributed by atoms with Gasteiger partial charge in [-0.15, -0.1) is 0 Å². The molecular weight excluding hydrogens is 334 g/mol. The predicted molar refractivity (Wildman–Crippen MR) is 76.8 cm³/mol. The number of anilines is 1. The first kappa shape index (κ1) is 16.8. The first-order valence-electron chi connectivity index (χ1n) is 6.21. The minimum Gasteiger partial charge on any atom is -0.276 e. The molecule has 2 rings (SSSR count). The van der Waals surface area contributed by atoms with Gasteiger partial charge in [-0.05, 0) is 18.6 Å². The summed E-state index contributed by atoms with van der Waals surface area (Å²) in [5, 5.41) is 14.3. The number of nitrogens with one attached hydrogen (secondary N) is 1. The number of nitrogens with zero attached hydrogens (tertiary/aromatic N) is 3. The van der Waals surface area contributed by atoms with Crippen LogP contribution < -0.4 is 4.72 Å². The molecule has 23 heavy (non-hydrogen) atoms. The Bertz CT molecular complexity index is 864. The zero-order chi connectivity index (χ0) is 17.4. The van der Waals surface area contributed by atoms with Crippen LogP contribution in [-0.2, 0) is 17.1 Å². The Morgan fingerprint density at radius 2 is 2.04 bits per heavy atom. The second-order valence-corrected chi connectivity index (χ2v) is 6.33. The third-order valence-corrected chi connectivity index (χ3v) is 4.62. The van der Waals surface area contributed by atoms with Gasteiger partial charge < -0.3 is 0 Å². The molecule has 0 bridgehead atoms. The highest BCUT2D eigenvalue weighted by molar-refractivity contribution is 7.92. The third kappa shape index (κ3) is 3.28. The topological polar surface area (TPSA) is 107 Å². The van der Waals surface area contributed by atoms with E-state index in [0.29, 0.717) is 0 Å². The van der Waals surface area contributed by atoms with Crippen LogP contribution >= 0.6 is 0 Å². The van der Waals surface area contributed by atoms with Crippen molar-refractivity contribution >= 4 is 21.4 Å². The van der Waals surface area contributed by atoms with Gasteiger partial charge in [-0.2, -0.15) is 5.10 Å². The highest BCUT2D eigenvalue weighted by Gasteiger charge is 2.25. The molecule has 0 fully saturated rings. The van der Waals surface area contributed by atoms with E-state index in [1.165, 1.54) is 14.0 Å². The van der Waals surface area contributed by atoms with Crippen molar-refractivity contribution in [3.05, 3.63) is 45.8 Å². The van der Waals surface area contributed by atoms with E-state index in [1.54, 1.807) is 0 Å². The number of alkyl halides is 2. The Kier molecular flexibility index (Phi) is 4.32. The fourth-order valence-corrected chi connectivity index (χ4v) is 3.32. The van der Waals surface area contributed by atoms with E-state index in [0.717, 1.165) is 29.1 Å². The van der Waals surface area contributed by atoms with Gasteiger partial charge in [0, 0.05) is 19.2 Å². The van der Waals surface area contributed by atoms with Crippen LogP contribution in [0.1, 0.15) is 17.7 Å². The molecule has 0 spiro atoms. The first-order valence-corrected chi connectivity index (χ1v) is 7.69. The van der Waals surface area contributed by atoms with E-state index in [9.17, 15) is 27.3 Å². The number of benzene rings is 1. The van der Waals surface area contributed by atoms with Crippen LogP contribution in [0.15, 0.2) is 29.3 Å². The predicted octanol–water partition coefficient (Wildman–Crippen LogP) is 2.38. The number of nitro groups is 1. The first-order chi connectivity index (χ1) is 10.6. The quantitative estimate of drug-likeness (QED) is 0.661. The molecule has 1 N–H and O–H groups in total. The van der Waals surface area contributed by atoms with Gasteiger partial charge in [-0.1, -0.05) is 0 Å². The number of hydrogen-bond acceptors (Lipinski definition) is 5. The van der Waals surface area contributed by atoms with E-state index in [-0.39, 0.29) is 21.8 Å². The van der Waals surface area contributed by atoms with Crippen molar-refractivity contribution in [3.63, 3.8) is 0 Å². The van der Waals surface area contributed by atoms with Crippen molar-refractivity contribution in [2.75, 3.05) is 4.72 Å². The smallest absolute Gasteiger partial charge is 0.276 e. The number of sulfonamides is 1. The summed E-state index contributed by atoms with van der Waals surface area (Å²) in [6.45, 7) is 1.37. The van der Waals surface area contributed by atoms with Crippen molar-refractivity contribution in [2.45, 2.75) is 18.2 Å². The molecule has 8 nitrogen and oxygen atoms in total. The van der Waals surface area contributed by atoms with Gasteiger partial charge in [0.15, 0.2) is 0 Å². The number of aryl methyl sites for hydroxylation is 2. The van der Waals surface area contributed by atoms with Gasteiger partial charge in [0.2, 0.25) is 0 Å². The molecule has 1 aromatic heterocycles. The Labute approximate surface area is 129 Å². The molecule has 0 aliphatic rings. The maximum atomic E-state index is 12.9. The lowest BCUT2D eigenvalue weighted by molar-refractivity contribution is -0.385. The number of non-ortho nitro benzene ring substituents is 1. The molecule has 0 unspecified atom stereocenters. The van der Waals surface area contributed by atoms with Crippen molar-refractivity contribution in [1.82, 2.24) is 9.78 Å². The summed E-state index contributed by atoms with van der Waals surface area (Å²) in [4.78, 5) is 9.77. The van der Waals surface area contributed by atoms with Gasteiger partial charge >= 0.3 is 0 Å². The van der Waals surface area contributed by atoms with Crippen molar-refractivity contribution < 1.29 is 22.1 Å².